The Balaban J connectivity index is 2.15. The Morgan fingerprint density at radius 3 is 1.58 bits per heavy atom. The fourth-order valence-corrected chi connectivity index (χ4v) is 8.00. The minimum atomic E-state index is 0.00199. The molecule has 0 radical (unpaired) electrons. The van der Waals surface area contributed by atoms with Gasteiger partial charge in [0.05, 0.1) is 6.61 Å². The molecule has 0 saturated carbocycles. The maximum absolute atomic E-state index is 12.8. The number of unbranched alkanes of at least 4 members (excludes halogenated alkanes) is 21. The van der Waals surface area contributed by atoms with Crippen LogP contribution in [0.15, 0.2) is 0 Å². The van der Waals surface area contributed by atoms with Crippen molar-refractivity contribution in [2.75, 3.05) is 19.7 Å². The van der Waals surface area contributed by atoms with Crippen LogP contribution >= 0.6 is 0 Å². The summed E-state index contributed by atoms with van der Waals surface area (Å²) < 4.78 is 11.5. The number of hydrogen-bond acceptors (Lipinski definition) is 5. The van der Waals surface area contributed by atoms with Crippen LogP contribution in [0.5, 0.6) is 0 Å². The topological polar surface area (TPSA) is 55.8 Å². The number of likely N-dealkylation sites (tertiary alicyclic amines) is 1. The molecule has 5 nitrogen and oxygen atoms in total. The largest absolute Gasteiger partial charge is 0.466 e. The summed E-state index contributed by atoms with van der Waals surface area (Å²) in [5.41, 5.74) is 0. The molecule has 1 aliphatic heterocycles. The van der Waals surface area contributed by atoms with Crippen LogP contribution in [-0.4, -0.2) is 48.7 Å². The second-order valence-electron chi connectivity index (χ2n) is 16.0. The molecule has 1 aliphatic rings. The van der Waals surface area contributed by atoms with Gasteiger partial charge in [0.15, 0.2) is 0 Å². The van der Waals surface area contributed by atoms with E-state index in [4.69, 9.17) is 9.47 Å². The molecule has 1 heterocycles. The van der Waals surface area contributed by atoms with Crippen LogP contribution in [0.25, 0.3) is 0 Å². The number of nitrogens with zero attached hydrogens (tertiary/aromatic N) is 1. The molecule has 2 unspecified atom stereocenters. The molecule has 0 aromatic rings. The minimum absolute atomic E-state index is 0.00199. The summed E-state index contributed by atoms with van der Waals surface area (Å²) in [5.74, 6) is 0.852. The van der Waals surface area contributed by atoms with Crippen LogP contribution in [0.1, 0.15) is 240 Å². The lowest BCUT2D eigenvalue weighted by molar-refractivity contribution is -0.150. The van der Waals surface area contributed by atoms with Gasteiger partial charge in [-0.15, -0.1) is 0 Å². The van der Waals surface area contributed by atoms with Crippen molar-refractivity contribution < 1.29 is 19.1 Å². The average molecular weight is 706 g/mol. The number of rotatable bonds is 37. The summed E-state index contributed by atoms with van der Waals surface area (Å²) in [5, 5.41) is 0. The molecule has 1 rings (SSSR count). The van der Waals surface area contributed by atoms with Crippen LogP contribution in [0.3, 0.4) is 0 Å². The Kier molecular flexibility index (Phi) is 32.8. The van der Waals surface area contributed by atoms with Gasteiger partial charge in [0.2, 0.25) is 0 Å². The number of carbonyl (C=O) groups is 2. The van der Waals surface area contributed by atoms with Crippen molar-refractivity contribution in [3.63, 3.8) is 0 Å². The average Bonchev–Trinajstić information content (AvgIpc) is 3.51. The van der Waals surface area contributed by atoms with E-state index in [0.717, 1.165) is 63.5 Å². The highest BCUT2D eigenvalue weighted by Crippen LogP contribution is 2.30. The standard InChI is InChI=1S/C45H87NO4/c1-5-9-12-15-18-23-31-38-49-44(47)36-30-24-25-32-41-39-42(46(8-4)40-41)33-26-21-22-29-37-45(48)50-43(34-27-19-16-13-10-6-2)35-28-20-17-14-11-7-3/h41-43H,5-40H2,1-4H3. The summed E-state index contributed by atoms with van der Waals surface area (Å²) in [6.07, 6.45) is 39.6. The van der Waals surface area contributed by atoms with E-state index in [0.29, 0.717) is 19.4 Å². The lowest BCUT2D eigenvalue weighted by Crippen LogP contribution is -2.29. The van der Waals surface area contributed by atoms with Gasteiger partial charge < -0.3 is 14.4 Å². The van der Waals surface area contributed by atoms with E-state index in [1.54, 1.807) is 0 Å². The minimum Gasteiger partial charge on any atom is -0.466 e. The quantitative estimate of drug-likeness (QED) is 0.0476. The predicted molar refractivity (Wildman–Crippen MR) is 215 cm³/mol. The van der Waals surface area contributed by atoms with Gasteiger partial charge in [0.1, 0.15) is 6.10 Å². The van der Waals surface area contributed by atoms with Gasteiger partial charge in [-0.1, -0.05) is 163 Å². The van der Waals surface area contributed by atoms with Gasteiger partial charge in [-0.2, -0.15) is 0 Å². The van der Waals surface area contributed by atoms with Crippen LogP contribution in [0, 0.1) is 5.92 Å². The van der Waals surface area contributed by atoms with Crippen molar-refractivity contribution >= 4 is 11.9 Å². The van der Waals surface area contributed by atoms with Crippen molar-refractivity contribution in [1.82, 2.24) is 4.90 Å². The van der Waals surface area contributed by atoms with E-state index in [1.807, 2.05) is 0 Å². The van der Waals surface area contributed by atoms with Crippen molar-refractivity contribution in [2.24, 2.45) is 5.92 Å². The first kappa shape index (κ1) is 46.9. The molecule has 0 aliphatic carbocycles. The van der Waals surface area contributed by atoms with E-state index < -0.39 is 0 Å². The number of ether oxygens (including phenoxy) is 2. The van der Waals surface area contributed by atoms with Gasteiger partial charge in [0, 0.05) is 25.4 Å². The summed E-state index contributed by atoms with van der Waals surface area (Å²) in [6, 6.07) is 0.723. The van der Waals surface area contributed by atoms with E-state index in [1.165, 1.54) is 161 Å². The first-order valence-corrected chi connectivity index (χ1v) is 22.6. The zero-order chi connectivity index (χ0) is 36.3. The third-order valence-electron chi connectivity index (χ3n) is 11.3. The van der Waals surface area contributed by atoms with Gasteiger partial charge in [0.25, 0.3) is 0 Å². The summed E-state index contributed by atoms with van der Waals surface area (Å²) in [6.45, 7) is 12.1. The van der Waals surface area contributed by atoms with Crippen LogP contribution in [-0.2, 0) is 19.1 Å². The van der Waals surface area contributed by atoms with Crippen molar-refractivity contribution in [3.05, 3.63) is 0 Å². The van der Waals surface area contributed by atoms with E-state index in [-0.39, 0.29) is 18.0 Å². The molecule has 2 atom stereocenters. The van der Waals surface area contributed by atoms with E-state index in [2.05, 4.69) is 32.6 Å². The second-order valence-corrected chi connectivity index (χ2v) is 16.0. The number of esters is 2. The van der Waals surface area contributed by atoms with Crippen LogP contribution in [0.2, 0.25) is 0 Å². The Bertz CT molecular complexity index is 741. The molecular weight excluding hydrogens is 618 g/mol. The molecule has 0 bridgehead atoms. The number of hydrogen-bond donors (Lipinski definition) is 0. The number of carbonyl (C=O) groups excluding carboxylic acids is 2. The van der Waals surface area contributed by atoms with Gasteiger partial charge in [-0.05, 0) is 76.7 Å². The van der Waals surface area contributed by atoms with Crippen molar-refractivity contribution in [1.29, 1.82) is 0 Å². The van der Waals surface area contributed by atoms with Crippen LogP contribution in [0.4, 0.5) is 0 Å². The second kappa shape index (κ2) is 35.0. The molecule has 0 aromatic carbocycles. The maximum Gasteiger partial charge on any atom is 0.306 e. The Morgan fingerprint density at radius 1 is 0.540 bits per heavy atom. The Labute approximate surface area is 312 Å². The third kappa shape index (κ3) is 27.5. The monoisotopic (exact) mass is 706 g/mol. The van der Waals surface area contributed by atoms with Crippen LogP contribution < -0.4 is 0 Å². The molecule has 0 N–H and O–H groups in total. The van der Waals surface area contributed by atoms with Gasteiger partial charge in [-0.3, -0.25) is 9.59 Å². The molecule has 5 heteroatoms. The molecule has 1 fully saturated rings. The normalized spacial score (nSPS) is 16.4. The highest BCUT2D eigenvalue weighted by Gasteiger charge is 2.30. The lowest BCUT2D eigenvalue weighted by Gasteiger charge is -2.22. The predicted octanol–water partition coefficient (Wildman–Crippen LogP) is 13.7. The maximum atomic E-state index is 12.8. The fraction of sp³-hybridized carbons (Fsp3) is 0.956. The highest BCUT2D eigenvalue weighted by molar-refractivity contribution is 5.69. The summed E-state index contributed by atoms with van der Waals surface area (Å²) >= 11 is 0. The van der Waals surface area contributed by atoms with Crippen molar-refractivity contribution in [3.8, 4) is 0 Å². The molecule has 1 saturated heterocycles. The Morgan fingerprint density at radius 2 is 1.00 bits per heavy atom. The first-order valence-electron chi connectivity index (χ1n) is 22.6. The fourth-order valence-electron chi connectivity index (χ4n) is 8.00. The SMILES string of the molecule is CCCCCCCCCOC(=O)CCCCCC1CC(CCCCCCC(=O)OC(CCCCCCCC)CCCCCCCC)N(CC)C1. The lowest BCUT2D eigenvalue weighted by atomic mass is 9.96. The smallest absolute Gasteiger partial charge is 0.306 e. The van der Waals surface area contributed by atoms with E-state index >= 15 is 0 Å². The van der Waals surface area contributed by atoms with E-state index in [9.17, 15) is 9.59 Å². The zero-order valence-electron chi connectivity index (χ0n) is 34.3. The molecule has 296 valence electrons. The molecular formula is C45H87NO4. The van der Waals surface area contributed by atoms with Crippen molar-refractivity contribution in [2.45, 2.75) is 252 Å². The third-order valence-corrected chi connectivity index (χ3v) is 11.3. The first-order chi connectivity index (χ1) is 24.5. The molecule has 0 spiro atoms. The molecule has 0 amide bonds. The molecule has 50 heavy (non-hydrogen) atoms. The summed E-state index contributed by atoms with van der Waals surface area (Å²) in [4.78, 5) is 27.6. The highest BCUT2D eigenvalue weighted by atomic mass is 16.5. The summed E-state index contributed by atoms with van der Waals surface area (Å²) in [7, 11) is 0. The van der Waals surface area contributed by atoms with Gasteiger partial charge in [-0.25, -0.2) is 0 Å². The van der Waals surface area contributed by atoms with Gasteiger partial charge >= 0.3 is 11.9 Å². The zero-order valence-corrected chi connectivity index (χ0v) is 34.3. The Hall–Kier alpha value is -1.10. The molecule has 0 aromatic heterocycles.